The van der Waals surface area contributed by atoms with Gasteiger partial charge in [-0.15, -0.1) is 8.78 Å². The van der Waals surface area contributed by atoms with Gasteiger partial charge in [0.05, 0.1) is 16.5 Å². The monoisotopic (exact) mass is 601 g/mol. The molecule has 5 rings (SSSR count). The van der Waals surface area contributed by atoms with Crippen molar-refractivity contribution in [3.63, 3.8) is 0 Å². The second-order valence-corrected chi connectivity index (χ2v) is 13.0. The lowest BCUT2D eigenvalue weighted by molar-refractivity contribution is -0.286. The van der Waals surface area contributed by atoms with E-state index in [0.717, 1.165) is 26.8 Å². The molecule has 208 valence electrons. The van der Waals surface area contributed by atoms with Crippen LogP contribution in [0.4, 0.5) is 14.6 Å². The van der Waals surface area contributed by atoms with Gasteiger partial charge in [0.15, 0.2) is 11.5 Å². The lowest BCUT2D eigenvalue weighted by Crippen LogP contribution is -2.49. The van der Waals surface area contributed by atoms with Crippen molar-refractivity contribution < 1.29 is 40.2 Å². The predicted octanol–water partition coefficient (Wildman–Crippen LogP) is 3.60. The molecular formula is C24H22ClF2N3O7S2. The number of aromatic nitrogens is 1. The molecule has 1 saturated heterocycles. The fraction of sp³-hybridized carbons (Fsp3) is 0.292. The topological polar surface area (TPSA) is 126 Å². The number of nitrogens with zero attached hydrogens (tertiary/aromatic N) is 3. The Morgan fingerprint density at radius 2 is 1.72 bits per heavy atom. The molecule has 0 atom stereocenters. The molecule has 0 saturated carbocycles. The molecule has 0 unspecified atom stereocenters. The Hall–Kier alpha value is -3.04. The molecule has 0 amide bonds. The van der Waals surface area contributed by atoms with Crippen molar-refractivity contribution in [3.05, 3.63) is 71.4 Å². The summed E-state index contributed by atoms with van der Waals surface area (Å²) in [5.41, 5.74) is 0.483. The second-order valence-electron chi connectivity index (χ2n) is 8.83. The molecule has 0 bridgehead atoms. The van der Waals surface area contributed by atoms with Crippen LogP contribution in [0.2, 0.25) is 5.02 Å². The summed E-state index contributed by atoms with van der Waals surface area (Å²) in [6.45, 7) is -0.389. The Morgan fingerprint density at radius 1 is 1.03 bits per heavy atom. The second kappa shape index (κ2) is 10.2. The minimum atomic E-state index is -4.22. The summed E-state index contributed by atoms with van der Waals surface area (Å²) >= 11 is 6.22. The van der Waals surface area contributed by atoms with Crippen molar-refractivity contribution in [2.24, 2.45) is 0 Å². The lowest BCUT2D eigenvalue weighted by Gasteiger charge is -2.38. The first-order chi connectivity index (χ1) is 18.4. The first-order valence-corrected chi connectivity index (χ1v) is 14.9. The van der Waals surface area contributed by atoms with Gasteiger partial charge in [0.2, 0.25) is 10.0 Å². The molecule has 1 fully saturated rings. The summed E-state index contributed by atoms with van der Waals surface area (Å²) < 4.78 is 91.9. The van der Waals surface area contributed by atoms with E-state index in [0.29, 0.717) is 5.56 Å². The molecule has 1 N–H and O–H groups in total. The minimum Gasteiger partial charge on any atom is -0.395 e. The third-order valence-electron chi connectivity index (χ3n) is 6.36. The number of aliphatic hydroxyl groups excluding tert-OH is 1. The summed E-state index contributed by atoms with van der Waals surface area (Å²) in [5.74, 6) is -0.590. The van der Waals surface area contributed by atoms with E-state index in [1.807, 2.05) is 0 Å². The first-order valence-electron chi connectivity index (χ1n) is 11.7. The molecule has 0 aliphatic carbocycles. The van der Waals surface area contributed by atoms with E-state index in [1.54, 1.807) is 12.1 Å². The molecule has 10 nitrogen and oxygen atoms in total. The van der Waals surface area contributed by atoms with E-state index in [-0.39, 0.29) is 58.9 Å². The third kappa shape index (κ3) is 5.26. The minimum absolute atomic E-state index is 0.0166. The summed E-state index contributed by atoms with van der Waals surface area (Å²) in [4.78, 5) is 3.84. The summed E-state index contributed by atoms with van der Waals surface area (Å²) in [5, 5.41) is 9.38. The maximum absolute atomic E-state index is 13.8. The molecule has 2 aliphatic heterocycles. The van der Waals surface area contributed by atoms with Gasteiger partial charge in [-0.05, 0) is 48.7 Å². The predicted molar refractivity (Wildman–Crippen MR) is 136 cm³/mol. The number of ether oxygens (including phenoxy) is 2. The average Bonchev–Trinajstić information content (AvgIpc) is 3.22. The van der Waals surface area contributed by atoms with Crippen molar-refractivity contribution in [1.29, 1.82) is 0 Å². The third-order valence-corrected chi connectivity index (χ3v) is 10.6. The number of halogens is 3. The van der Waals surface area contributed by atoms with Crippen molar-refractivity contribution in [2.45, 2.75) is 41.6 Å². The maximum Gasteiger partial charge on any atom is 0.586 e. The van der Waals surface area contributed by atoms with E-state index in [4.69, 9.17) is 11.6 Å². The van der Waals surface area contributed by atoms with Crippen LogP contribution in [0.25, 0.3) is 0 Å². The Bertz CT molecular complexity index is 1600. The highest BCUT2D eigenvalue weighted by atomic mass is 35.5. The highest BCUT2D eigenvalue weighted by Gasteiger charge is 2.44. The number of benzene rings is 2. The standard InChI is InChI=1S/C24H22ClF2N3O7S2/c25-19-3-1-2-4-22(19)39(34,35)30(23-8-5-16(15-31)14-28-23)17-9-11-29(12-10-17)38(32,33)18-6-7-20-21(13-18)37-24(26,27)36-20/h1-8,13-14,17,31H,9-12,15H2. The van der Waals surface area contributed by atoms with Gasteiger partial charge in [-0.3, -0.25) is 0 Å². The van der Waals surface area contributed by atoms with Crippen molar-refractivity contribution >= 4 is 37.5 Å². The Balaban J connectivity index is 1.42. The number of hydrogen-bond acceptors (Lipinski definition) is 8. The van der Waals surface area contributed by atoms with Gasteiger partial charge in [0, 0.05) is 31.4 Å². The number of rotatable bonds is 7. The fourth-order valence-corrected chi connectivity index (χ4v) is 8.11. The van der Waals surface area contributed by atoms with Crippen LogP contribution in [0.15, 0.2) is 70.6 Å². The summed E-state index contributed by atoms with van der Waals surface area (Å²) in [6.07, 6.45) is -2.32. The number of hydrogen-bond donors (Lipinski definition) is 1. The van der Waals surface area contributed by atoms with Gasteiger partial charge in [-0.2, -0.15) is 4.31 Å². The van der Waals surface area contributed by atoms with E-state index >= 15 is 0 Å². The zero-order valence-electron chi connectivity index (χ0n) is 20.1. The van der Waals surface area contributed by atoms with Gasteiger partial charge in [0.1, 0.15) is 10.7 Å². The Labute approximate surface area is 228 Å². The van der Waals surface area contributed by atoms with Crippen LogP contribution in [0.3, 0.4) is 0 Å². The molecular weight excluding hydrogens is 580 g/mol. The van der Waals surface area contributed by atoms with E-state index in [1.165, 1.54) is 30.5 Å². The molecule has 15 heteroatoms. The van der Waals surface area contributed by atoms with E-state index < -0.39 is 38.1 Å². The number of fused-ring (bicyclic) bond motifs is 1. The fourth-order valence-electron chi connectivity index (χ4n) is 4.46. The van der Waals surface area contributed by atoms with Crippen molar-refractivity contribution in [3.8, 4) is 11.5 Å². The van der Waals surface area contributed by atoms with Crippen LogP contribution < -0.4 is 13.8 Å². The van der Waals surface area contributed by atoms with Crippen LogP contribution in [0, 0.1) is 0 Å². The number of pyridine rings is 1. The van der Waals surface area contributed by atoms with Gasteiger partial charge in [-0.1, -0.05) is 29.8 Å². The Morgan fingerprint density at radius 3 is 2.36 bits per heavy atom. The molecule has 2 aliphatic rings. The zero-order chi connectivity index (χ0) is 28.0. The largest absolute Gasteiger partial charge is 0.586 e. The van der Waals surface area contributed by atoms with Gasteiger partial charge >= 0.3 is 6.29 Å². The lowest BCUT2D eigenvalue weighted by atomic mass is 10.1. The van der Waals surface area contributed by atoms with Crippen molar-refractivity contribution in [1.82, 2.24) is 9.29 Å². The maximum atomic E-state index is 13.8. The number of sulfonamides is 2. The van der Waals surface area contributed by atoms with Crippen LogP contribution in [-0.4, -0.2) is 56.7 Å². The normalized spacial score (nSPS) is 17.7. The molecule has 39 heavy (non-hydrogen) atoms. The van der Waals surface area contributed by atoms with Crippen LogP contribution in [0.5, 0.6) is 11.5 Å². The van der Waals surface area contributed by atoms with Crippen molar-refractivity contribution in [2.75, 3.05) is 17.4 Å². The average molecular weight is 602 g/mol. The highest BCUT2D eigenvalue weighted by Crippen LogP contribution is 2.42. The smallest absolute Gasteiger partial charge is 0.395 e. The first kappa shape index (κ1) is 27.5. The van der Waals surface area contributed by atoms with Gasteiger partial charge < -0.3 is 14.6 Å². The van der Waals surface area contributed by atoms with Gasteiger partial charge in [0.25, 0.3) is 10.0 Å². The molecule has 0 spiro atoms. The van der Waals surface area contributed by atoms with E-state index in [9.17, 15) is 30.7 Å². The SMILES string of the molecule is O=S(=O)(c1ccc2c(c1)OC(F)(F)O2)N1CCC(N(c2ccc(CO)cn2)S(=O)(=O)c2ccccc2Cl)CC1. The number of aliphatic hydroxyl groups is 1. The van der Waals surface area contributed by atoms with Crippen LogP contribution >= 0.6 is 11.6 Å². The molecule has 3 aromatic rings. The number of piperidine rings is 1. The highest BCUT2D eigenvalue weighted by molar-refractivity contribution is 7.93. The summed E-state index contributed by atoms with van der Waals surface area (Å²) in [7, 11) is -8.34. The molecule has 0 radical (unpaired) electrons. The Kier molecular flexibility index (Phi) is 7.18. The van der Waals surface area contributed by atoms with Crippen LogP contribution in [0.1, 0.15) is 18.4 Å². The zero-order valence-corrected chi connectivity index (χ0v) is 22.5. The van der Waals surface area contributed by atoms with Gasteiger partial charge in [-0.25, -0.2) is 26.1 Å². The molecule has 1 aromatic heterocycles. The number of anilines is 1. The summed E-state index contributed by atoms with van der Waals surface area (Å²) in [6, 6.07) is 11.5. The van der Waals surface area contributed by atoms with Crippen LogP contribution in [-0.2, 0) is 26.7 Å². The van der Waals surface area contributed by atoms with E-state index in [2.05, 4.69) is 14.5 Å². The molecule has 2 aromatic carbocycles. The molecule has 3 heterocycles. The number of alkyl halides is 2. The quantitative estimate of drug-likeness (QED) is 0.435.